The van der Waals surface area contributed by atoms with Gasteiger partial charge < -0.3 is 9.84 Å². The Balaban J connectivity index is 1.59. The van der Waals surface area contributed by atoms with Crippen LogP contribution in [0.5, 0.6) is 0 Å². The Morgan fingerprint density at radius 3 is 2.59 bits per heavy atom. The maximum atomic E-state index is 12.9. The predicted molar refractivity (Wildman–Crippen MR) is 115 cm³/mol. The van der Waals surface area contributed by atoms with E-state index < -0.39 is 10.7 Å². The van der Waals surface area contributed by atoms with Crippen molar-refractivity contribution in [3.8, 4) is 0 Å². The summed E-state index contributed by atoms with van der Waals surface area (Å²) in [7, 11) is 0. The number of carboxylic acid groups (broad SMARTS) is 1. The molecule has 1 unspecified atom stereocenters. The molecule has 150 valence electrons. The summed E-state index contributed by atoms with van der Waals surface area (Å²) in [6.45, 7) is 2.62. The molecule has 29 heavy (non-hydrogen) atoms. The summed E-state index contributed by atoms with van der Waals surface area (Å²) < 4.78 is 4.76. The number of para-hydroxylation sites is 1. The van der Waals surface area contributed by atoms with Crippen LogP contribution in [0.4, 0.5) is 10.5 Å². The molecule has 0 saturated carbocycles. The molecule has 2 heterocycles. The fraction of sp³-hybridized carbons (Fsp3) is 0.304. The van der Waals surface area contributed by atoms with Crippen molar-refractivity contribution in [1.82, 2.24) is 0 Å². The zero-order chi connectivity index (χ0) is 20.4. The molecule has 5 nitrogen and oxygen atoms in total. The lowest BCUT2D eigenvalue weighted by molar-refractivity contribution is -0.139. The number of carbonyl (C=O) groups excluding carboxylic acids is 1. The number of hydrogen-bond donors (Lipinski definition) is 1. The largest absolute Gasteiger partial charge is 0.480 e. The number of rotatable bonds is 4. The second-order valence-corrected chi connectivity index (χ2v) is 8.72. The van der Waals surface area contributed by atoms with Gasteiger partial charge in [-0.15, -0.1) is 11.8 Å². The topological polar surface area (TPSA) is 66.8 Å². The highest BCUT2D eigenvalue weighted by Crippen LogP contribution is 2.56. The minimum Gasteiger partial charge on any atom is -0.480 e. The first kappa shape index (κ1) is 19.6. The third kappa shape index (κ3) is 3.65. The lowest BCUT2D eigenvalue weighted by Gasteiger charge is -2.26. The smallest absolute Gasteiger partial charge is 0.414 e. The standard InChI is InChI=1S/C23H23NO4S/c1-2-23(21(25)26)14-17-12-13-24(19-11-7-6-10-18(19)20(17)29-23)22(27)28-15-16-8-4-3-5-9-16/h3-11H,2,12-15H2,1H3,(H,25,26). The maximum absolute atomic E-state index is 12.9. The summed E-state index contributed by atoms with van der Waals surface area (Å²) in [5.41, 5.74) is 3.75. The van der Waals surface area contributed by atoms with E-state index in [4.69, 9.17) is 4.74 Å². The molecule has 0 aromatic heterocycles. The molecule has 4 rings (SSSR count). The number of amides is 1. The zero-order valence-electron chi connectivity index (χ0n) is 16.3. The molecule has 6 heteroatoms. The van der Waals surface area contributed by atoms with E-state index in [9.17, 15) is 14.7 Å². The summed E-state index contributed by atoms with van der Waals surface area (Å²) >= 11 is 1.43. The molecule has 0 saturated heterocycles. The highest BCUT2D eigenvalue weighted by Gasteiger charge is 2.46. The molecule has 1 N–H and O–H groups in total. The lowest BCUT2D eigenvalue weighted by Crippen LogP contribution is -2.34. The van der Waals surface area contributed by atoms with Crippen LogP contribution in [0.25, 0.3) is 4.91 Å². The van der Waals surface area contributed by atoms with Gasteiger partial charge in [0, 0.05) is 17.0 Å². The van der Waals surface area contributed by atoms with E-state index in [2.05, 4.69) is 0 Å². The van der Waals surface area contributed by atoms with Crippen LogP contribution in [-0.4, -0.2) is 28.5 Å². The van der Waals surface area contributed by atoms with Crippen LogP contribution in [-0.2, 0) is 16.1 Å². The Morgan fingerprint density at radius 1 is 1.14 bits per heavy atom. The molecule has 1 atom stereocenters. The number of thioether (sulfide) groups is 1. The molecule has 2 aromatic carbocycles. The van der Waals surface area contributed by atoms with Crippen LogP contribution < -0.4 is 4.90 Å². The molecule has 2 aliphatic heterocycles. The average molecular weight is 410 g/mol. The molecule has 0 fully saturated rings. The normalized spacial score (nSPS) is 20.7. The number of ether oxygens (including phenoxy) is 1. The number of nitrogens with zero attached hydrogens (tertiary/aromatic N) is 1. The Morgan fingerprint density at radius 2 is 1.86 bits per heavy atom. The lowest BCUT2D eigenvalue weighted by atomic mass is 9.94. The third-order valence-electron chi connectivity index (χ3n) is 5.58. The second kappa shape index (κ2) is 7.95. The summed E-state index contributed by atoms with van der Waals surface area (Å²) in [5, 5.41) is 9.82. The zero-order valence-corrected chi connectivity index (χ0v) is 17.1. The molecule has 2 aliphatic rings. The van der Waals surface area contributed by atoms with Crippen LogP contribution in [0.1, 0.15) is 37.3 Å². The van der Waals surface area contributed by atoms with Crippen LogP contribution >= 0.6 is 11.8 Å². The SMILES string of the molecule is CCC1(C(=O)O)CC2=C(S1)c1ccccc1N(C(=O)OCc1ccccc1)CC2. The van der Waals surface area contributed by atoms with Crippen molar-refractivity contribution in [1.29, 1.82) is 0 Å². The minimum atomic E-state index is -0.812. The maximum Gasteiger partial charge on any atom is 0.414 e. The molecule has 0 spiro atoms. The summed E-state index contributed by atoms with van der Waals surface area (Å²) in [6, 6.07) is 17.3. The minimum absolute atomic E-state index is 0.220. The fourth-order valence-corrected chi connectivity index (χ4v) is 5.37. The van der Waals surface area contributed by atoms with Gasteiger partial charge >= 0.3 is 12.1 Å². The molecular weight excluding hydrogens is 386 g/mol. The molecule has 2 aromatic rings. The van der Waals surface area contributed by atoms with Crippen molar-refractivity contribution in [2.45, 2.75) is 37.5 Å². The quantitative estimate of drug-likeness (QED) is 0.741. The van der Waals surface area contributed by atoms with Crippen molar-refractivity contribution < 1.29 is 19.4 Å². The van der Waals surface area contributed by atoms with E-state index >= 15 is 0 Å². The first-order chi connectivity index (χ1) is 14.0. The van der Waals surface area contributed by atoms with Crippen LogP contribution in [0.2, 0.25) is 0 Å². The van der Waals surface area contributed by atoms with Crippen LogP contribution in [0, 0.1) is 0 Å². The Labute approximate surface area is 174 Å². The summed E-state index contributed by atoms with van der Waals surface area (Å²) in [5.74, 6) is -0.769. The van der Waals surface area contributed by atoms with Crippen LogP contribution in [0.3, 0.4) is 0 Å². The van der Waals surface area contributed by atoms with Gasteiger partial charge in [0.1, 0.15) is 11.4 Å². The highest BCUT2D eigenvalue weighted by molar-refractivity contribution is 8.10. The van der Waals surface area contributed by atoms with Crippen molar-refractivity contribution in [3.05, 3.63) is 71.3 Å². The molecule has 0 bridgehead atoms. The summed E-state index contributed by atoms with van der Waals surface area (Å²) in [6.07, 6.45) is 1.34. The van der Waals surface area contributed by atoms with Crippen molar-refractivity contribution in [2.75, 3.05) is 11.4 Å². The Bertz CT molecular complexity index is 972. The van der Waals surface area contributed by atoms with Gasteiger partial charge in [0.2, 0.25) is 0 Å². The van der Waals surface area contributed by atoms with E-state index in [0.717, 1.165) is 27.3 Å². The number of carboxylic acids is 1. The van der Waals surface area contributed by atoms with Gasteiger partial charge in [-0.3, -0.25) is 9.69 Å². The monoisotopic (exact) mass is 409 g/mol. The van der Waals surface area contributed by atoms with E-state index in [1.54, 1.807) is 4.90 Å². The van der Waals surface area contributed by atoms with Gasteiger partial charge in [-0.2, -0.15) is 0 Å². The molecule has 0 aliphatic carbocycles. The number of benzene rings is 2. The molecule has 0 radical (unpaired) electrons. The first-order valence-electron chi connectivity index (χ1n) is 9.76. The first-order valence-corrected chi connectivity index (χ1v) is 10.6. The highest BCUT2D eigenvalue weighted by atomic mass is 32.2. The van der Waals surface area contributed by atoms with Gasteiger partial charge in [0.15, 0.2) is 0 Å². The van der Waals surface area contributed by atoms with Crippen molar-refractivity contribution >= 4 is 34.4 Å². The van der Waals surface area contributed by atoms with Crippen molar-refractivity contribution in [2.24, 2.45) is 0 Å². The number of fused-ring (bicyclic) bond motifs is 2. The van der Waals surface area contributed by atoms with Crippen molar-refractivity contribution in [3.63, 3.8) is 0 Å². The third-order valence-corrected chi connectivity index (χ3v) is 7.29. The number of hydrogen-bond acceptors (Lipinski definition) is 4. The van der Waals surface area contributed by atoms with Crippen LogP contribution in [0.15, 0.2) is 60.2 Å². The van der Waals surface area contributed by atoms with Gasteiger partial charge in [-0.05, 0) is 30.9 Å². The second-order valence-electron chi connectivity index (χ2n) is 7.32. The number of carbonyl (C=O) groups is 2. The van der Waals surface area contributed by atoms with E-state index in [1.165, 1.54) is 11.8 Å². The van der Waals surface area contributed by atoms with Gasteiger partial charge in [-0.25, -0.2) is 4.79 Å². The average Bonchev–Trinajstić information content (AvgIpc) is 3.07. The predicted octanol–water partition coefficient (Wildman–Crippen LogP) is 5.31. The van der Waals surface area contributed by atoms with Gasteiger partial charge in [0.05, 0.1) is 5.69 Å². The molecule has 1 amide bonds. The molecular formula is C23H23NO4S. The fourth-order valence-electron chi connectivity index (χ4n) is 3.90. The Hall–Kier alpha value is -2.73. The summed E-state index contributed by atoms with van der Waals surface area (Å²) in [4.78, 5) is 27.5. The van der Waals surface area contributed by atoms with E-state index in [-0.39, 0.29) is 12.7 Å². The van der Waals surface area contributed by atoms with E-state index in [0.29, 0.717) is 25.8 Å². The van der Waals surface area contributed by atoms with Gasteiger partial charge in [-0.1, -0.05) is 61.0 Å². The van der Waals surface area contributed by atoms with E-state index in [1.807, 2.05) is 61.5 Å². The Kier molecular flexibility index (Phi) is 5.37. The number of aliphatic carboxylic acids is 1. The van der Waals surface area contributed by atoms with Gasteiger partial charge in [0.25, 0.3) is 0 Å². The number of anilines is 1.